The maximum atomic E-state index is 12.3. The van der Waals surface area contributed by atoms with Gasteiger partial charge in [0.15, 0.2) is 0 Å². The van der Waals surface area contributed by atoms with Crippen LogP contribution in [0.2, 0.25) is 0 Å². The molecule has 0 aliphatic heterocycles. The Balaban J connectivity index is 0.701. The van der Waals surface area contributed by atoms with Crippen molar-refractivity contribution in [3.05, 3.63) is 409 Å². The Kier molecular flexibility index (Phi) is 17.2. The summed E-state index contributed by atoms with van der Waals surface area (Å²) in [4.78, 5) is 8.97. The molecule has 22 aromatic rings. The molecule has 0 saturated carbocycles. The SMILES string of the molecule is Cc1cccc(-c2ccc3c4ccccc4n(-c4cc(-c5ccncc5)cc(-n5c6ccccc6c6ccc(-c7cc(C)cc(-c8cccc(-c9ccc%10c(c9)c9cc(-c%11ccccc%11C)ccc9n%10-c9cc(-c%10ccncc%10)cc(-n%10c%11ccc(-c%12ccccc%12C)cc%11c%11cc(-c%12ccccc%12C)ccc%11%10)c9C#N)c8C)c7)cc65)c4C#N)c3c2)c1. The van der Waals surface area contributed by atoms with E-state index in [9.17, 15) is 10.5 Å². The Morgan fingerprint density at radius 2 is 0.516 bits per heavy atom. The third kappa shape index (κ3) is 11.9. The van der Waals surface area contributed by atoms with Crippen LogP contribution in [-0.4, -0.2) is 28.2 Å². The number of fused-ring (bicyclic) bond motifs is 12. The van der Waals surface area contributed by atoms with Crippen molar-refractivity contribution in [2.45, 2.75) is 41.5 Å². The summed E-state index contributed by atoms with van der Waals surface area (Å²) in [5.41, 5.74) is 38.8. The van der Waals surface area contributed by atoms with E-state index in [4.69, 9.17) is 0 Å². The van der Waals surface area contributed by atoms with E-state index in [1.165, 1.54) is 33.4 Å². The number of nitrogens with zero attached hydrogens (tertiary/aromatic N) is 8. The van der Waals surface area contributed by atoms with Gasteiger partial charge in [0.1, 0.15) is 23.3 Å². The molecule has 8 nitrogen and oxygen atoms in total. The topological polar surface area (TPSA) is 93.1 Å². The van der Waals surface area contributed by atoms with Gasteiger partial charge in [-0.3, -0.25) is 9.97 Å². The quantitative estimate of drug-likeness (QED) is 0.115. The zero-order valence-corrected chi connectivity index (χ0v) is 68.2. The molecule has 6 heterocycles. The molecule has 122 heavy (non-hydrogen) atoms. The van der Waals surface area contributed by atoms with Crippen LogP contribution in [0.25, 0.3) is 210 Å². The van der Waals surface area contributed by atoms with Crippen molar-refractivity contribution in [2.75, 3.05) is 0 Å². The predicted molar refractivity (Wildman–Crippen MR) is 506 cm³/mol. The Labute approximate surface area is 706 Å². The Hall–Kier alpha value is -16.0. The van der Waals surface area contributed by atoms with Crippen LogP contribution in [0.4, 0.5) is 0 Å². The second kappa shape index (κ2) is 29.0. The van der Waals surface area contributed by atoms with Crippen molar-refractivity contribution in [1.29, 1.82) is 10.5 Å². The summed E-state index contributed by atoms with van der Waals surface area (Å²) in [6, 6.07) is 129. The second-order valence-corrected chi connectivity index (χ2v) is 32.6. The number of hydrogen-bond donors (Lipinski definition) is 0. The summed E-state index contributed by atoms with van der Waals surface area (Å²) in [6.07, 6.45) is 7.38. The minimum absolute atomic E-state index is 0.542. The van der Waals surface area contributed by atoms with Crippen LogP contribution in [0.1, 0.15) is 44.5 Å². The van der Waals surface area contributed by atoms with Crippen LogP contribution >= 0.6 is 0 Å². The lowest BCUT2D eigenvalue weighted by molar-refractivity contribution is 1.12. The molecule has 0 atom stereocenters. The van der Waals surface area contributed by atoms with E-state index >= 15 is 0 Å². The number of hydrogen-bond acceptors (Lipinski definition) is 4. The highest BCUT2D eigenvalue weighted by molar-refractivity contribution is 6.16. The Morgan fingerprint density at radius 1 is 0.205 bits per heavy atom. The lowest BCUT2D eigenvalue weighted by atomic mass is 9.90. The van der Waals surface area contributed by atoms with Gasteiger partial charge in [-0.05, 0) is 297 Å². The number of aromatic nitrogens is 6. The van der Waals surface area contributed by atoms with Gasteiger partial charge in [0.2, 0.25) is 0 Å². The first-order valence-corrected chi connectivity index (χ1v) is 41.6. The van der Waals surface area contributed by atoms with E-state index < -0.39 is 0 Å². The van der Waals surface area contributed by atoms with Gasteiger partial charge in [0.05, 0.1) is 66.9 Å². The van der Waals surface area contributed by atoms with Gasteiger partial charge in [0.25, 0.3) is 0 Å². The molecule has 22 rings (SSSR count). The summed E-state index contributed by atoms with van der Waals surface area (Å²) < 4.78 is 9.30. The Morgan fingerprint density at radius 3 is 0.934 bits per heavy atom. The molecule has 0 amide bonds. The molecule has 6 aromatic heterocycles. The fraction of sp³-hybridized carbons (Fsp3) is 0.0526. The predicted octanol–water partition coefficient (Wildman–Crippen LogP) is 29.5. The summed E-state index contributed by atoms with van der Waals surface area (Å²) >= 11 is 0. The van der Waals surface area contributed by atoms with E-state index in [0.717, 1.165) is 210 Å². The van der Waals surface area contributed by atoms with Crippen LogP contribution in [0.5, 0.6) is 0 Å². The number of aryl methyl sites for hydroxylation is 5. The molecule has 0 radical (unpaired) electrons. The lowest BCUT2D eigenvalue weighted by Crippen LogP contribution is -2.05. The van der Waals surface area contributed by atoms with Crippen molar-refractivity contribution in [1.82, 2.24) is 28.2 Å². The fourth-order valence-corrected chi connectivity index (χ4v) is 19.5. The molecular weight excluding hydrogens is 1480 g/mol. The summed E-state index contributed by atoms with van der Waals surface area (Å²) in [7, 11) is 0. The van der Waals surface area contributed by atoms with Gasteiger partial charge < -0.3 is 18.3 Å². The van der Waals surface area contributed by atoms with E-state index in [1.807, 2.05) is 24.8 Å². The average molecular weight is 1560 g/mol. The molecule has 0 spiro atoms. The monoisotopic (exact) mass is 1560 g/mol. The van der Waals surface area contributed by atoms with Crippen molar-refractivity contribution in [3.8, 4) is 135 Å². The zero-order valence-electron chi connectivity index (χ0n) is 68.2. The maximum Gasteiger partial charge on any atom is 0.104 e. The molecule has 0 N–H and O–H groups in total. The number of benzene rings is 16. The van der Waals surface area contributed by atoms with Gasteiger partial charge in [0, 0.05) is 67.9 Å². The average Bonchev–Trinajstić information content (AvgIpc) is 1.55. The zero-order chi connectivity index (χ0) is 82.1. The van der Waals surface area contributed by atoms with Crippen molar-refractivity contribution < 1.29 is 0 Å². The lowest BCUT2D eigenvalue weighted by Gasteiger charge is -2.19. The van der Waals surface area contributed by atoms with Crippen LogP contribution in [0.15, 0.2) is 365 Å². The highest BCUT2D eigenvalue weighted by Gasteiger charge is 2.28. The maximum absolute atomic E-state index is 12.3. The molecular formula is C114H78N8. The molecule has 0 aliphatic rings. The van der Waals surface area contributed by atoms with Gasteiger partial charge >= 0.3 is 0 Å². The Bertz CT molecular complexity index is 8130. The molecule has 0 aliphatic carbocycles. The van der Waals surface area contributed by atoms with Crippen molar-refractivity contribution in [2.24, 2.45) is 0 Å². The van der Waals surface area contributed by atoms with Gasteiger partial charge in [-0.2, -0.15) is 10.5 Å². The minimum Gasteiger partial charge on any atom is -0.308 e. The standard InChI is InChI=1S/C114H78N8/c1-69-19-17-23-77(53-69)78-33-39-95-93-27-13-15-31-103(93)121(109(95)61-78)113-65-86(76-47-51-118-52-48-76)66-114(102(113)68-116)122-104-32-16-14-28-94(104)96-40-34-79(62-110(96)122)84-54-70(2)55-87(56-84)92-30-18-29-91(74(92)6)83-38-44-108-100(60-83)99-59-82(90-26-12-9-22-73(90)5)37-43-107(99)120(108)112-64-85(75-45-49-117-50-46-75)63-111(101(112)67-115)119-105-41-35-80(88-24-10-7-20-71(88)3)57-97(105)98-58-81(36-42-106(98)119)89-25-11-8-21-72(89)4/h7-66H,1-6H3. The van der Waals surface area contributed by atoms with E-state index in [2.05, 4.69) is 422 Å². The molecule has 8 heteroatoms. The van der Waals surface area contributed by atoms with Crippen LogP contribution < -0.4 is 0 Å². The first kappa shape index (κ1) is 72.5. The highest BCUT2D eigenvalue weighted by Crippen LogP contribution is 2.48. The molecule has 0 unspecified atom stereocenters. The van der Waals surface area contributed by atoms with Gasteiger partial charge in [-0.1, -0.05) is 218 Å². The van der Waals surface area contributed by atoms with Crippen LogP contribution in [-0.2, 0) is 0 Å². The molecule has 574 valence electrons. The number of rotatable bonds is 13. The number of nitriles is 2. The van der Waals surface area contributed by atoms with E-state index in [1.54, 1.807) is 0 Å². The van der Waals surface area contributed by atoms with Gasteiger partial charge in [-0.15, -0.1) is 0 Å². The molecule has 16 aromatic carbocycles. The first-order chi connectivity index (χ1) is 59.9. The third-order valence-electron chi connectivity index (χ3n) is 25.4. The number of pyridine rings is 2. The van der Waals surface area contributed by atoms with E-state index in [0.29, 0.717) is 11.1 Å². The molecule has 0 bridgehead atoms. The highest BCUT2D eigenvalue weighted by atomic mass is 15.0. The number of para-hydroxylation sites is 2. The largest absolute Gasteiger partial charge is 0.308 e. The smallest absolute Gasteiger partial charge is 0.104 e. The molecule has 0 saturated heterocycles. The van der Waals surface area contributed by atoms with Crippen molar-refractivity contribution >= 4 is 87.2 Å². The van der Waals surface area contributed by atoms with Crippen LogP contribution in [0.3, 0.4) is 0 Å². The second-order valence-electron chi connectivity index (χ2n) is 32.6. The fourth-order valence-electron chi connectivity index (χ4n) is 19.5. The summed E-state index contributed by atoms with van der Waals surface area (Å²) in [6.45, 7) is 13.1. The van der Waals surface area contributed by atoms with Crippen molar-refractivity contribution in [3.63, 3.8) is 0 Å². The van der Waals surface area contributed by atoms with Crippen LogP contribution in [0, 0.1) is 64.2 Å². The first-order valence-electron chi connectivity index (χ1n) is 41.6. The summed E-state index contributed by atoms with van der Waals surface area (Å²) in [5, 5.41) is 33.0. The third-order valence-corrected chi connectivity index (χ3v) is 25.4. The van der Waals surface area contributed by atoms with E-state index in [-0.39, 0.29) is 0 Å². The minimum atomic E-state index is 0.542. The molecule has 0 fully saturated rings. The van der Waals surface area contributed by atoms with Gasteiger partial charge in [-0.25, -0.2) is 0 Å². The summed E-state index contributed by atoms with van der Waals surface area (Å²) in [5.74, 6) is 0. The normalized spacial score (nSPS) is 11.7.